The van der Waals surface area contributed by atoms with E-state index < -0.39 is 10.0 Å². The summed E-state index contributed by atoms with van der Waals surface area (Å²) in [5.74, 6) is 0.583. The third-order valence-corrected chi connectivity index (χ3v) is 5.18. The molecule has 5 nitrogen and oxygen atoms in total. The number of nitrogens with zero attached hydrogens (tertiary/aromatic N) is 2. The van der Waals surface area contributed by atoms with E-state index in [1.54, 1.807) is 37.5 Å². The van der Waals surface area contributed by atoms with Crippen molar-refractivity contribution in [2.75, 3.05) is 13.1 Å². The molecule has 0 atom stereocenters. The maximum atomic E-state index is 12.3. The second-order valence-electron chi connectivity index (χ2n) is 4.37. The number of aryl methyl sites for hydroxylation is 1. The lowest BCUT2D eigenvalue weighted by atomic mass is 10.2. The van der Waals surface area contributed by atoms with Gasteiger partial charge in [-0.3, -0.25) is 0 Å². The van der Waals surface area contributed by atoms with Crippen molar-refractivity contribution < 1.29 is 12.8 Å². The van der Waals surface area contributed by atoms with E-state index in [1.165, 1.54) is 4.31 Å². The molecule has 0 saturated heterocycles. The number of sulfonamides is 1. The molecule has 0 unspecified atom stereocenters. The fourth-order valence-corrected chi connectivity index (χ4v) is 3.46. The molecule has 2 rings (SSSR count). The van der Waals surface area contributed by atoms with Crippen molar-refractivity contribution in [2.24, 2.45) is 0 Å². The molecule has 0 bridgehead atoms. The summed E-state index contributed by atoms with van der Waals surface area (Å²) in [5, 5.41) is 0. The van der Waals surface area contributed by atoms with Crippen molar-refractivity contribution in [1.82, 2.24) is 9.29 Å². The van der Waals surface area contributed by atoms with Crippen LogP contribution in [0.4, 0.5) is 0 Å². The van der Waals surface area contributed by atoms with Crippen molar-refractivity contribution in [3.8, 4) is 11.3 Å². The van der Waals surface area contributed by atoms with Gasteiger partial charge in [-0.1, -0.05) is 26.0 Å². The van der Waals surface area contributed by atoms with Crippen LogP contribution in [0.2, 0.25) is 0 Å². The molecule has 1 heterocycles. The topological polar surface area (TPSA) is 63.4 Å². The highest BCUT2D eigenvalue weighted by molar-refractivity contribution is 7.89. The first-order valence-electron chi connectivity index (χ1n) is 6.51. The molecule has 0 spiro atoms. The van der Waals surface area contributed by atoms with E-state index in [-0.39, 0.29) is 0 Å². The molecule has 0 fully saturated rings. The number of oxazole rings is 1. The van der Waals surface area contributed by atoms with Crippen LogP contribution >= 0.6 is 0 Å². The predicted octanol–water partition coefficient (Wildman–Crippen LogP) is 2.68. The van der Waals surface area contributed by atoms with Crippen LogP contribution in [0.5, 0.6) is 0 Å². The van der Waals surface area contributed by atoms with Gasteiger partial charge in [-0.05, 0) is 12.1 Å². The van der Waals surface area contributed by atoms with Crippen LogP contribution in [-0.4, -0.2) is 30.8 Å². The average Bonchev–Trinajstić information content (AvgIpc) is 2.87. The van der Waals surface area contributed by atoms with Crippen molar-refractivity contribution in [1.29, 1.82) is 0 Å². The van der Waals surface area contributed by atoms with Gasteiger partial charge in [0.1, 0.15) is 12.0 Å². The molecule has 0 radical (unpaired) electrons. The quantitative estimate of drug-likeness (QED) is 0.850. The molecule has 108 valence electrons. The van der Waals surface area contributed by atoms with Crippen LogP contribution in [0.1, 0.15) is 19.7 Å². The van der Waals surface area contributed by atoms with Crippen LogP contribution < -0.4 is 0 Å². The first kappa shape index (κ1) is 14.7. The zero-order valence-corrected chi connectivity index (χ0v) is 12.6. The molecule has 1 aromatic heterocycles. The van der Waals surface area contributed by atoms with E-state index in [0.717, 1.165) is 5.56 Å². The Kier molecular flexibility index (Phi) is 4.25. The fourth-order valence-electron chi connectivity index (χ4n) is 2.01. The highest BCUT2D eigenvalue weighted by atomic mass is 32.2. The van der Waals surface area contributed by atoms with E-state index in [9.17, 15) is 8.42 Å². The summed E-state index contributed by atoms with van der Waals surface area (Å²) < 4.78 is 31.3. The maximum Gasteiger partial charge on any atom is 0.243 e. The molecule has 1 aromatic carbocycles. The smallest absolute Gasteiger partial charge is 0.243 e. The Morgan fingerprint density at radius 3 is 2.20 bits per heavy atom. The zero-order chi connectivity index (χ0) is 14.8. The Hall–Kier alpha value is -1.66. The lowest BCUT2D eigenvalue weighted by Crippen LogP contribution is -2.30. The van der Waals surface area contributed by atoms with Gasteiger partial charge in [0.2, 0.25) is 10.0 Å². The Labute approximate surface area is 119 Å². The predicted molar refractivity (Wildman–Crippen MR) is 76.8 cm³/mol. The van der Waals surface area contributed by atoms with Crippen molar-refractivity contribution in [3.05, 3.63) is 36.4 Å². The molecule has 6 heteroatoms. The van der Waals surface area contributed by atoms with Gasteiger partial charge in [0.15, 0.2) is 5.89 Å². The molecular formula is C14H18N2O3S. The minimum atomic E-state index is -3.41. The molecule has 0 aliphatic heterocycles. The van der Waals surface area contributed by atoms with Gasteiger partial charge in [-0.15, -0.1) is 0 Å². The molecule has 0 N–H and O–H groups in total. The van der Waals surface area contributed by atoms with Crippen LogP contribution in [0.25, 0.3) is 11.3 Å². The van der Waals surface area contributed by atoms with Gasteiger partial charge in [0.05, 0.1) is 4.90 Å². The Balaban J connectivity index is 2.33. The molecule has 0 aliphatic rings. The highest BCUT2D eigenvalue weighted by Gasteiger charge is 2.21. The lowest BCUT2D eigenvalue weighted by molar-refractivity contribution is 0.445. The third kappa shape index (κ3) is 2.76. The Morgan fingerprint density at radius 1 is 1.15 bits per heavy atom. The van der Waals surface area contributed by atoms with Crippen LogP contribution in [0.15, 0.2) is 39.8 Å². The average molecular weight is 294 g/mol. The van der Waals surface area contributed by atoms with Gasteiger partial charge in [-0.25, -0.2) is 13.4 Å². The van der Waals surface area contributed by atoms with Gasteiger partial charge >= 0.3 is 0 Å². The summed E-state index contributed by atoms with van der Waals surface area (Å²) in [6, 6.07) is 6.70. The lowest BCUT2D eigenvalue weighted by Gasteiger charge is -2.18. The molecule has 20 heavy (non-hydrogen) atoms. The SMILES string of the molecule is CCN(CC)S(=O)(=O)c1ccc(-c2coc(C)n2)cc1. The van der Waals surface area contributed by atoms with E-state index >= 15 is 0 Å². The number of aromatic nitrogens is 1. The molecule has 0 aliphatic carbocycles. The normalized spacial score (nSPS) is 12.0. The van der Waals surface area contributed by atoms with E-state index in [1.807, 2.05) is 13.8 Å². The van der Waals surface area contributed by atoms with Crippen molar-refractivity contribution in [2.45, 2.75) is 25.7 Å². The summed E-state index contributed by atoms with van der Waals surface area (Å²) in [7, 11) is -3.41. The molecule has 0 saturated carbocycles. The van der Waals surface area contributed by atoms with Gasteiger partial charge < -0.3 is 4.42 Å². The van der Waals surface area contributed by atoms with Crippen LogP contribution in [-0.2, 0) is 10.0 Å². The van der Waals surface area contributed by atoms with Crippen molar-refractivity contribution in [3.63, 3.8) is 0 Å². The highest BCUT2D eigenvalue weighted by Crippen LogP contribution is 2.22. The maximum absolute atomic E-state index is 12.3. The Bertz CT molecular complexity index is 671. The molecule has 2 aromatic rings. The van der Waals surface area contributed by atoms with Crippen LogP contribution in [0.3, 0.4) is 0 Å². The zero-order valence-electron chi connectivity index (χ0n) is 11.8. The van der Waals surface area contributed by atoms with Gasteiger partial charge in [0.25, 0.3) is 0 Å². The summed E-state index contributed by atoms with van der Waals surface area (Å²) in [6.45, 7) is 6.34. The number of hydrogen-bond donors (Lipinski definition) is 0. The first-order chi connectivity index (χ1) is 9.48. The van der Waals surface area contributed by atoms with Crippen LogP contribution in [0, 0.1) is 6.92 Å². The second kappa shape index (κ2) is 5.76. The first-order valence-corrected chi connectivity index (χ1v) is 7.95. The monoisotopic (exact) mass is 294 g/mol. The number of hydrogen-bond acceptors (Lipinski definition) is 4. The summed E-state index contributed by atoms with van der Waals surface area (Å²) in [5.41, 5.74) is 1.54. The number of benzene rings is 1. The van der Waals surface area contributed by atoms with Crippen molar-refractivity contribution >= 4 is 10.0 Å². The van der Waals surface area contributed by atoms with E-state index in [2.05, 4.69) is 4.98 Å². The number of rotatable bonds is 5. The second-order valence-corrected chi connectivity index (χ2v) is 6.30. The van der Waals surface area contributed by atoms with Gasteiger partial charge in [0, 0.05) is 25.6 Å². The van der Waals surface area contributed by atoms with Gasteiger partial charge in [-0.2, -0.15) is 4.31 Å². The minimum Gasteiger partial charge on any atom is -0.449 e. The molecule has 0 amide bonds. The minimum absolute atomic E-state index is 0.296. The third-order valence-electron chi connectivity index (χ3n) is 3.11. The van der Waals surface area contributed by atoms with E-state index in [4.69, 9.17) is 4.42 Å². The summed E-state index contributed by atoms with van der Waals surface area (Å²) >= 11 is 0. The Morgan fingerprint density at radius 2 is 1.75 bits per heavy atom. The largest absolute Gasteiger partial charge is 0.449 e. The standard InChI is InChI=1S/C14H18N2O3S/c1-4-16(5-2)20(17,18)13-8-6-12(7-9-13)14-10-19-11(3)15-14/h6-10H,4-5H2,1-3H3. The van der Waals surface area contributed by atoms with E-state index in [0.29, 0.717) is 29.6 Å². The summed E-state index contributed by atoms with van der Waals surface area (Å²) in [4.78, 5) is 4.51. The molecular weight excluding hydrogens is 276 g/mol. The fraction of sp³-hybridized carbons (Fsp3) is 0.357. The summed E-state index contributed by atoms with van der Waals surface area (Å²) in [6.07, 6.45) is 1.56.